The first kappa shape index (κ1) is 21.6. The van der Waals surface area contributed by atoms with Gasteiger partial charge in [-0.2, -0.15) is 0 Å². The molecule has 0 radical (unpaired) electrons. The van der Waals surface area contributed by atoms with E-state index >= 15 is 0 Å². The van der Waals surface area contributed by atoms with E-state index in [0.717, 1.165) is 35.3 Å². The number of nitrogens with zero attached hydrogens (tertiary/aromatic N) is 1. The number of aromatic nitrogens is 1. The van der Waals surface area contributed by atoms with Crippen LogP contribution in [0, 0.1) is 12.7 Å². The van der Waals surface area contributed by atoms with Gasteiger partial charge in [-0.15, -0.1) is 11.3 Å². The molecule has 0 saturated heterocycles. The Morgan fingerprint density at radius 2 is 1.97 bits per heavy atom. The Labute approximate surface area is 185 Å². The van der Waals surface area contributed by atoms with Gasteiger partial charge in [0, 0.05) is 23.9 Å². The molecule has 5 nitrogen and oxygen atoms in total. The van der Waals surface area contributed by atoms with Gasteiger partial charge in [-0.05, 0) is 66.6 Å². The fraction of sp³-hybridized carbons (Fsp3) is 0.304. The summed E-state index contributed by atoms with van der Waals surface area (Å²) < 4.78 is 39.0. The van der Waals surface area contributed by atoms with Crippen molar-refractivity contribution in [3.63, 3.8) is 0 Å². The molecule has 0 unspecified atom stereocenters. The fourth-order valence-electron chi connectivity index (χ4n) is 3.66. The summed E-state index contributed by atoms with van der Waals surface area (Å²) in [7, 11) is -3.53. The van der Waals surface area contributed by atoms with Gasteiger partial charge in [0.05, 0.1) is 10.6 Å². The first-order valence-electron chi connectivity index (χ1n) is 10.1. The van der Waals surface area contributed by atoms with Gasteiger partial charge in [0.1, 0.15) is 5.82 Å². The zero-order valence-corrected chi connectivity index (χ0v) is 18.8. The highest BCUT2D eigenvalue weighted by atomic mass is 32.2. The van der Waals surface area contributed by atoms with Gasteiger partial charge in [0.15, 0.2) is 15.0 Å². The molecule has 0 aliphatic heterocycles. The number of thiazole rings is 1. The van der Waals surface area contributed by atoms with Crippen LogP contribution in [0.1, 0.15) is 40.0 Å². The average Bonchev–Trinajstić information content (AvgIpc) is 3.38. The van der Waals surface area contributed by atoms with E-state index in [-0.39, 0.29) is 22.9 Å². The van der Waals surface area contributed by atoms with Crippen molar-refractivity contribution < 1.29 is 17.6 Å². The first-order valence-corrected chi connectivity index (χ1v) is 12.6. The van der Waals surface area contributed by atoms with Crippen LogP contribution < -0.4 is 5.32 Å². The quantitative estimate of drug-likeness (QED) is 0.567. The third kappa shape index (κ3) is 5.19. The van der Waals surface area contributed by atoms with Crippen molar-refractivity contribution in [3.8, 4) is 0 Å². The second kappa shape index (κ2) is 8.88. The Bertz CT molecular complexity index is 1240. The van der Waals surface area contributed by atoms with Crippen molar-refractivity contribution in [3.05, 3.63) is 75.5 Å². The van der Waals surface area contributed by atoms with Gasteiger partial charge in [-0.1, -0.05) is 18.2 Å². The highest BCUT2D eigenvalue weighted by molar-refractivity contribution is 7.91. The fourth-order valence-corrected chi connectivity index (χ4v) is 5.81. The number of amides is 1. The SMILES string of the molecule is Cc1ccc(Cc2cnc(NC(=O)CCS(=O)(=O)c3ccc4c(c3)CCC4)s2)cc1F. The van der Waals surface area contributed by atoms with Gasteiger partial charge in [0.2, 0.25) is 5.91 Å². The van der Waals surface area contributed by atoms with Crippen LogP contribution in [0.2, 0.25) is 0 Å². The molecule has 2 aromatic carbocycles. The Morgan fingerprint density at radius 1 is 1.16 bits per heavy atom. The van der Waals surface area contributed by atoms with E-state index in [4.69, 9.17) is 0 Å². The van der Waals surface area contributed by atoms with Gasteiger partial charge in [0.25, 0.3) is 0 Å². The van der Waals surface area contributed by atoms with Gasteiger partial charge >= 0.3 is 0 Å². The molecule has 1 heterocycles. The Balaban J connectivity index is 1.33. The number of carbonyl (C=O) groups excluding carboxylic acids is 1. The molecule has 0 fully saturated rings. The molecule has 0 spiro atoms. The lowest BCUT2D eigenvalue weighted by Gasteiger charge is -2.07. The van der Waals surface area contributed by atoms with Crippen molar-refractivity contribution in [1.29, 1.82) is 0 Å². The molecule has 1 aliphatic rings. The van der Waals surface area contributed by atoms with Gasteiger partial charge in [-0.25, -0.2) is 17.8 Å². The number of hydrogen-bond acceptors (Lipinski definition) is 5. The minimum atomic E-state index is -3.53. The maximum atomic E-state index is 13.7. The molecular weight excluding hydrogens is 435 g/mol. The molecule has 0 bridgehead atoms. The number of sulfone groups is 1. The lowest BCUT2D eigenvalue weighted by molar-refractivity contribution is -0.115. The minimum Gasteiger partial charge on any atom is -0.302 e. The number of nitrogens with one attached hydrogen (secondary N) is 1. The van der Waals surface area contributed by atoms with Crippen LogP contribution in [-0.4, -0.2) is 25.1 Å². The van der Waals surface area contributed by atoms with E-state index in [1.165, 1.54) is 23.0 Å². The van der Waals surface area contributed by atoms with E-state index in [9.17, 15) is 17.6 Å². The monoisotopic (exact) mass is 458 g/mol. The molecule has 1 N–H and O–H groups in total. The molecule has 31 heavy (non-hydrogen) atoms. The number of benzene rings is 2. The zero-order valence-electron chi connectivity index (χ0n) is 17.2. The largest absolute Gasteiger partial charge is 0.302 e. The number of hydrogen-bond donors (Lipinski definition) is 1. The molecule has 1 aliphatic carbocycles. The summed E-state index contributed by atoms with van der Waals surface area (Å²) in [5.74, 6) is -0.898. The van der Waals surface area contributed by atoms with E-state index in [2.05, 4.69) is 10.3 Å². The molecule has 0 atom stereocenters. The second-order valence-electron chi connectivity index (χ2n) is 7.79. The lowest BCUT2D eigenvalue weighted by Crippen LogP contribution is -2.17. The summed E-state index contributed by atoms with van der Waals surface area (Å²) in [5, 5.41) is 3.07. The predicted octanol–water partition coefficient (Wildman–Crippen LogP) is 4.47. The highest BCUT2D eigenvalue weighted by Gasteiger charge is 2.20. The molecule has 1 amide bonds. The van der Waals surface area contributed by atoms with E-state index in [1.54, 1.807) is 31.3 Å². The Hall–Kier alpha value is -2.58. The van der Waals surface area contributed by atoms with Crippen LogP contribution in [0.3, 0.4) is 0 Å². The average molecular weight is 459 g/mol. The summed E-state index contributed by atoms with van der Waals surface area (Å²) in [5.41, 5.74) is 3.72. The van der Waals surface area contributed by atoms with Crippen molar-refractivity contribution in [2.24, 2.45) is 0 Å². The number of rotatable bonds is 7. The molecule has 162 valence electrons. The second-order valence-corrected chi connectivity index (χ2v) is 11.0. The summed E-state index contributed by atoms with van der Waals surface area (Å²) in [6.45, 7) is 1.71. The van der Waals surface area contributed by atoms with Gasteiger partial charge in [-0.3, -0.25) is 4.79 Å². The van der Waals surface area contributed by atoms with Crippen LogP contribution in [0.5, 0.6) is 0 Å². The van der Waals surface area contributed by atoms with Crippen molar-refractivity contribution >= 4 is 32.2 Å². The Kier molecular flexibility index (Phi) is 6.20. The first-order chi connectivity index (χ1) is 14.8. The number of anilines is 1. The van der Waals surface area contributed by atoms with Crippen LogP contribution >= 0.6 is 11.3 Å². The lowest BCUT2D eigenvalue weighted by atomic mass is 10.1. The molecule has 4 rings (SSSR count). The predicted molar refractivity (Wildman–Crippen MR) is 120 cm³/mol. The van der Waals surface area contributed by atoms with Crippen LogP contribution in [-0.2, 0) is 33.9 Å². The van der Waals surface area contributed by atoms with Crippen molar-refractivity contribution in [1.82, 2.24) is 4.98 Å². The molecule has 3 aromatic rings. The number of halogens is 1. The summed E-state index contributed by atoms with van der Waals surface area (Å²) in [4.78, 5) is 17.6. The smallest absolute Gasteiger partial charge is 0.227 e. The molecule has 8 heteroatoms. The van der Waals surface area contributed by atoms with E-state index < -0.39 is 15.7 Å². The number of fused-ring (bicyclic) bond motifs is 1. The molecule has 0 saturated carbocycles. The zero-order chi connectivity index (χ0) is 22.0. The van der Waals surface area contributed by atoms with E-state index in [0.29, 0.717) is 17.1 Å². The molecular formula is C23H23FN2O3S2. The molecule has 1 aromatic heterocycles. The normalized spacial score (nSPS) is 13.2. The maximum absolute atomic E-state index is 13.7. The third-order valence-electron chi connectivity index (χ3n) is 5.44. The van der Waals surface area contributed by atoms with Crippen molar-refractivity contribution in [2.75, 3.05) is 11.1 Å². The van der Waals surface area contributed by atoms with Gasteiger partial charge < -0.3 is 5.32 Å². The van der Waals surface area contributed by atoms with Crippen molar-refractivity contribution in [2.45, 2.75) is 43.9 Å². The Morgan fingerprint density at radius 3 is 2.77 bits per heavy atom. The highest BCUT2D eigenvalue weighted by Crippen LogP contribution is 2.26. The van der Waals surface area contributed by atoms with Crippen LogP contribution in [0.4, 0.5) is 9.52 Å². The summed E-state index contributed by atoms with van der Waals surface area (Å²) >= 11 is 1.29. The van der Waals surface area contributed by atoms with Crippen LogP contribution in [0.15, 0.2) is 47.5 Å². The maximum Gasteiger partial charge on any atom is 0.227 e. The number of aryl methyl sites for hydroxylation is 3. The summed E-state index contributed by atoms with van der Waals surface area (Å²) in [6, 6.07) is 10.4. The topological polar surface area (TPSA) is 76.1 Å². The van der Waals surface area contributed by atoms with E-state index in [1.807, 2.05) is 12.1 Å². The number of carbonyl (C=O) groups is 1. The van der Waals surface area contributed by atoms with Crippen LogP contribution in [0.25, 0.3) is 0 Å². The standard InChI is InChI=1S/C23H23FN2O3S2/c1-15-5-6-16(12-21(15)24)11-19-14-25-23(30-19)26-22(27)9-10-31(28,29)20-8-7-17-3-2-4-18(17)13-20/h5-8,12-14H,2-4,9-11H2,1H3,(H,25,26,27). The minimum absolute atomic E-state index is 0.141. The summed E-state index contributed by atoms with van der Waals surface area (Å²) in [6.07, 6.45) is 4.96. The third-order valence-corrected chi connectivity index (χ3v) is 8.07.